The van der Waals surface area contributed by atoms with E-state index in [0.717, 1.165) is 0 Å². The van der Waals surface area contributed by atoms with E-state index in [1.807, 2.05) is 0 Å². The molecule has 0 aliphatic heterocycles. The van der Waals surface area contributed by atoms with E-state index in [0.29, 0.717) is 15.4 Å². The van der Waals surface area contributed by atoms with Gasteiger partial charge in [-0.1, -0.05) is 0 Å². The Bertz CT molecular complexity index is 1010. The third kappa shape index (κ3) is 3.21. The van der Waals surface area contributed by atoms with Gasteiger partial charge in [-0.25, -0.2) is 4.79 Å². The molecule has 0 radical (unpaired) electrons. The lowest BCUT2D eigenvalue weighted by Crippen LogP contribution is -2.51. The van der Waals surface area contributed by atoms with Crippen LogP contribution in [0.4, 0.5) is 0 Å². The summed E-state index contributed by atoms with van der Waals surface area (Å²) in [5.41, 5.74) is 9.34. The number of halogens is 1. The molecule has 1 unspecified atom stereocenters. The van der Waals surface area contributed by atoms with Gasteiger partial charge in [0.05, 0.1) is 15.8 Å². The molecule has 1 aliphatic rings. The number of hydrogen-bond donors (Lipinski definition) is 3. The number of primary amides is 1. The second-order valence-electron chi connectivity index (χ2n) is 7.31. The summed E-state index contributed by atoms with van der Waals surface area (Å²) >= 11 is 3.19. The second kappa shape index (κ2) is 6.35. The van der Waals surface area contributed by atoms with Crippen molar-refractivity contribution < 1.29 is 23.8 Å². The molecule has 1 saturated carbocycles. The molecule has 9 heteroatoms. The van der Waals surface area contributed by atoms with Crippen LogP contribution >= 0.6 is 15.9 Å². The van der Waals surface area contributed by atoms with E-state index in [1.165, 1.54) is 12.1 Å². The predicted molar refractivity (Wildman–Crippen MR) is 99.6 cm³/mol. The van der Waals surface area contributed by atoms with Crippen LogP contribution in [0.25, 0.3) is 11.0 Å². The molecule has 8 nitrogen and oxygen atoms in total. The third-order valence-corrected chi connectivity index (χ3v) is 5.74. The molecule has 1 fully saturated rings. The van der Waals surface area contributed by atoms with Gasteiger partial charge in [0.1, 0.15) is 17.9 Å². The Morgan fingerprint density at radius 3 is 2.63 bits per heavy atom. The van der Waals surface area contributed by atoms with Crippen molar-refractivity contribution in [2.75, 3.05) is 0 Å². The van der Waals surface area contributed by atoms with Crippen molar-refractivity contribution in [1.82, 2.24) is 0 Å². The van der Waals surface area contributed by atoms with E-state index in [2.05, 4.69) is 15.9 Å². The summed E-state index contributed by atoms with van der Waals surface area (Å²) in [7, 11) is 0. The number of nitrogens with two attached hydrogens (primary N) is 2. The number of carbonyl (C=O) groups excluding carboxylic acids is 2. The van der Waals surface area contributed by atoms with E-state index >= 15 is 0 Å². The van der Waals surface area contributed by atoms with Crippen molar-refractivity contribution in [2.24, 2.45) is 22.8 Å². The highest BCUT2D eigenvalue weighted by molar-refractivity contribution is 9.10. The number of benzene rings is 1. The predicted octanol–water partition coefficient (Wildman–Crippen LogP) is 1.53. The smallest absolute Gasteiger partial charge is 0.336 e. The van der Waals surface area contributed by atoms with Gasteiger partial charge in [-0.15, -0.1) is 0 Å². The van der Waals surface area contributed by atoms with Crippen LogP contribution in [0.1, 0.15) is 25.8 Å². The molecule has 5 N–H and O–H groups in total. The van der Waals surface area contributed by atoms with Crippen LogP contribution in [0.15, 0.2) is 31.9 Å². The Morgan fingerprint density at radius 1 is 1.41 bits per heavy atom. The summed E-state index contributed by atoms with van der Waals surface area (Å²) in [6, 6.07) is 4.06. The van der Waals surface area contributed by atoms with Crippen LogP contribution in [0.2, 0.25) is 0 Å². The van der Waals surface area contributed by atoms with Gasteiger partial charge >= 0.3 is 11.6 Å². The molecule has 1 aliphatic carbocycles. The summed E-state index contributed by atoms with van der Waals surface area (Å²) in [4.78, 5) is 36.0. The molecule has 2 atom stereocenters. The Labute approximate surface area is 162 Å². The maximum Gasteiger partial charge on any atom is 0.336 e. The second-order valence-corrected chi connectivity index (χ2v) is 8.17. The standard InChI is InChI=1S/C18H19BrN2O6/c1-17(2,21)18(16(20)25)6-10(18)15(24)26-7-8-3-14(23)27-13-5-12(22)11(19)4-9(8)13/h3-5,10,22H,6-7,21H2,1-2H3,(H2,20,25)/t10-,18?/m0/s1. The molecule has 1 aromatic heterocycles. The maximum atomic E-state index is 12.5. The van der Waals surface area contributed by atoms with Crippen LogP contribution in [-0.4, -0.2) is 22.5 Å². The van der Waals surface area contributed by atoms with Crippen LogP contribution in [0.5, 0.6) is 5.75 Å². The molecule has 27 heavy (non-hydrogen) atoms. The molecule has 0 saturated heterocycles. The molecule has 1 amide bonds. The van der Waals surface area contributed by atoms with Crippen molar-refractivity contribution >= 4 is 38.8 Å². The largest absolute Gasteiger partial charge is 0.507 e. The molecule has 0 spiro atoms. The monoisotopic (exact) mass is 438 g/mol. The first kappa shape index (κ1) is 19.4. The van der Waals surface area contributed by atoms with Crippen molar-refractivity contribution in [2.45, 2.75) is 32.4 Å². The van der Waals surface area contributed by atoms with E-state index in [1.54, 1.807) is 19.9 Å². The van der Waals surface area contributed by atoms with E-state index in [9.17, 15) is 19.5 Å². The molecular formula is C18H19BrN2O6. The van der Waals surface area contributed by atoms with Crippen LogP contribution in [-0.2, 0) is 20.9 Å². The molecule has 0 bridgehead atoms. The fraction of sp³-hybridized carbons (Fsp3) is 0.389. The van der Waals surface area contributed by atoms with E-state index < -0.39 is 34.4 Å². The number of fused-ring (bicyclic) bond motifs is 1. The van der Waals surface area contributed by atoms with E-state index in [-0.39, 0.29) is 24.4 Å². The summed E-state index contributed by atoms with van der Waals surface area (Å²) in [6.45, 7) is 3.09. The third-order valence-electron chi connectivity index (χ3n) is 5.10. The first-order valence-electron chi connectivity index (χ1n) is 8.18. The lowest BCUT2D eigenvalue weighted by molar-refractivity contribution is -0.149. The molecule has 1 aromatic carbocycles. The highest BCUT2D eigenvalue weighted by atomic mass is 79.9. The number of amides is 1. The zero-order valence-electron chi connectivity index (χ0n) is 14.7. The number of ether oxygens (including phenoxy) is 1. The molecule has 1 heterocycles. The van der Waals surface area contributed by atoms with Gasteiger partial charge in [0.25, 0.3) is 0 Å². The van der Waals surface area contributed by atoms with Gasteiger partial charge in [0.2, 0.25) is 5.91 Å². The SMILES string of the molecule is CC(C)(N)C1(C(N)=O)C[C@H]1C(=O)OCc1cc(=O)oc2cc(O)c(Br)cc12. The van der Waals surface area contributed by atoms with Crippen LogP contribution in [0, 0.1) is 11.3 Å². The maximum absolute atomic E-state index is 12.5. The van der Waals surface area contributed by atoms with Crippen LogP contribution < -0.4 is 17.1 Å². The first-order chi connectivity index (χ1) is 12.5. The normalized spacial score (nSPS) is 21.9. The van der Waals surface area contributed by atoms with Crippen molar-refractivity contribution in [3.05, 3.63) is 38.7 Å². The summed E-state index contributed by atoms with van der Waals surface area (Å²) in [6.07, 6.45) is 0.224. The summed E-state index contributed by atoms with van der Waals surface area (Å²) < 4.78 is 10.8. The van der Waals surface area contributed by atoms with Gasteiger partial charge in [0, 0.05) is 28.6 Å². The number of phenols is 1. The highest BCUT2D eigenvalue weighted by Crippen LogP contribution is 2.59. The zero-order valence-corrected chi connectivity index (χ0v) is 16.3. The van der Waals surface area contributed by atoms with Gasteiger partial charge in [-0.2, -0.15) is 0 Å². The highest BCUT2D eigenvalue weighted by Gasteiger charge is 2.69. The average Bonchev–Trinajstić information content (AvgIpc) is 3.31. The first-order valence-corrected chi connectivity index (χ1v) is 8.97. The van der Waals surface area contributed by atoms with Crippen molar-refractivity contribution in [1.29, 1.82) is 0 Å². The lowest BCUT2D eigenvalue weighted by Gasteiger charge is -2.28. The zero-order chi connectivity index (χ0) is 20.1. The summed E-state index contributed by atoms with van der Waals surface area (Å²) in [5.74, 6) is -2.06. The van der Waals surface area contributed by atoms with Crippen LogP contribution in [0.3, 0.4) is 0 Å². The number of carbonyl (C=O) groups is 2. The molecule has 2 aromatic rings. The number of rotatable bonds is 5. The van der Waals surface area contributed by atoms with Gasteiger partial charge < -0.3 is 25.7 Å². The van der Waals surface area contributed by atoms with Crippen molar-refractivity contribution in [3.63, 3.8) is 0 Å². The Balaban J connectivity index is 1.84. The Morgan fingerprint density at radius 2 is 2.07 bits per heavy atom. The quantitative estimate of drug-likeness (QED) is 0.473. The number of hydrogen-bond acceptors (Lipinski definition) is 7. The van der Waals surface area contributed by atoms with Gasteiger partial charge in [-0.05, 0) is 42.3 Å². The Hall–Kier alpha value is -2.39. The fourth-order valence-electron chi connectivity index (χ4n) is 3.45. The Kier molecular flexibility index (Phi) is 4.55. The minimum absolute atomic E-state index is 0.0887. The summed E-state index contributed by atoms with van der Waals surface area (Å²) in [5, 5.41) is 10.2. The lowest BCUT2D eigenvalue weighted by atomic mass is 9.82. The van der Waals surface area contributed by atoms with E-state index in [4.69, 9.17) is 20.6 Å². The number of aromatic hydroxyl groups is 1. The van der Waals surface area contributed by atoms with Crippen molar-refractivity contribution in [3.8, 4) is 5.75 Å². The number of esters is 1. The fourth-order valence-corrected chi connectivity index (χ4v) is 3.80. The molecule has 3 rings (SSSR count). The van der Waals surface area contributed by atoms with Gasteiger partial charge in [0.15, 0.2) is 0 Å². The number of phenolic OH excluding ortho intramolecular Hbond substituents is 1. The minimum atomic E-state index is -1.14. The van der Waals surface area contributed by atoms with Gasteiger partial charge in [-0.3, -0.25) is 9.59 Å². The molecular weight excluding hydrogens is 420 g/mol. The average molecular weight is 439 g/mol. The topological polar surface area (TPSA) is 146 Å². The molecule has 144 valence electrons. The minimum Gasteiger partial charge on any atom is -0.507 e.